The van der Waals surface area contributed by atoms with E-state index < -0.39 is 31.6 Å². The summed E-state index contributed by atoms with van der Waals surface area (Å²) in [7, 11) is -4.81. The molecule has 2 N–H and O–H groups in total. The second kappa shape index (κ2) is 10.8. The number of rotatable bonds is 5. The van der Waals surface area contributed by atoms with Gasteiger partial charge < -0.3 is 19.5 Å². The number of aromatic hydroxyl groups is 2. The first kappa shape index (κ1) is 33.8. The van der Waals surface area contributed by atoms with Gasteiger partial charge in [-0.15, -0.1) is 0 Å². The zero-order chi connectivity index (χ0) is 30.4. The molecule has 42 heavy (non-hydrogen) atoms. The molecular weight excluding hydrogens is 563 g/mol. The Hall–Kier alpha value is -1.06. The van der Waals surface area contributed by atoms with E-state index in [9.17, 15) is 28.0 Å². The molecular formula is C33H47NaO7S. The minimum atomic E-state index is -4.81. The van der Waals surface area contributed by atoms with Crippen LogP contribution in [-0.2, 0) is 25.1 Å². The fraction of sp³-hybridized carbons (Fsp3) is 0.727. The van der Waals surface area contributed by atoms with Crippen LogP contribution >= 0.6 is 0 Å². The number of carbonyl (C=O) groups is 1. The smallest absolute Gasteiger partial charge is 0.747 e. The Balaban J connectivity index is 0.00000405. The van der Waals surface area contributed by atoms with Crippen molar-refractivity contribution < 1.29 is 62.3 Å². The second-order valence-corrected chi connectivity index (χ2v) is 16.4. The molecule has 9 heteroatoms. The topological polar surface area (TPSA) is 124 Å². The van der Waals surface area contributed by atoms with Gasteiger partial charge in [0.25, 0.3) is 0 Å². The molecule has 228 valence electrons. The molecule has 0 heterocycles. The van der Waals surface area contributed by atoms with Crippen molar-refractivity contribution in [1.82, 2.24) is 0 Å². The number of hydrogen-bond acceptors (Lipinski definition) is 7. The molecule has 5 rings (SSSR count). The van der Waals surface area contributed by atoms with Gasteiger partial charge >= 0.3 is 35.5 Å². The van der Waals surface area contributed by atoms with Gasteiger partial charge in [0, 0.05) is 5.41 Å². The number of fused-ring (bicyclic) bond motifs is 7. The zero-order valence-corrected chi connectivity index (χ0v) is 29.5. The normalized spacial score (nSPS) is 39.0. The fourth-order valence-electron chi connectivity index (χ4n) is 9.59. The van der Waals surface area contributed by atoms with Crippen LogP contribution in [0.15, 0.2) is 17.7 Å². The molecule has 7 nitrogen and oxygen atoms in total. The SMILES string of the molecule is CCCCOC(=O)[C@]1(C)CC[C@]2(C)CC[C@]3(C)C4=CC(S(=O)(=O)[O-])c5c(cc(O)c(O)c5C)[C@]4(C)CC[C@@]3(C)[C@@H]2C1.[Na+]. The van der Waals surface area contributed by atoms with E-state index in [4.69, 9.17) is 4.74 Å². The summed E-state index contributed by atoms with van der Waals surface area (Å²) in [4.78, 5) is 13.4. The largest absolute Gasteiger partial charge is 1.00 e. The zero-order valence-electron chi connectivity index (χ0n) is 26.7. The summed E-state index contributed by atoms with van der Waals surface area (Å²) < 4.78 is 44.1. The van der Waals surface area contributed by atoms with Crippen LogP contribution in [0, 0.1) is 34.5 Å². The molecule has 7 atom stereocenters. The molecule has 1 aromatic carbocycles. The summed E-state index contributed by atoms with van der Waals surface area (Å²) in [6.45, 7) is 15.1. The van der Waals surface area contributed by atoms with Crippen LogP contribution in [0.25, 0.3) is 0 Å². The number of ether oxygens (including phenoxy) is 1. The number of phenols is 2. The molecule has 0 spiro atoms. The quantitative estimate of drug-likeness (QED) is 0.129. The standard InChI is InChI=1S/C33H48O7S.Na/c1-8-9-16-40-28(36)30(4)11-10-29(3)12-14-32(6)24-18-23(41(37,38)39)26-20(2)27(35)22(34)17-21(26)31(24,5)13-15-33(32,7)25(29)19-30;/h17-18,23,25,34-35H,8-16,19H2,1-7H3,(H,37,38,39);/q;+1/p-1/t23?,25-,29-,30-,31+,32-,33+;/m1./s1. The third-order valence-corrected chi connectivity index (χ3v) is 13.6. The molecule has 4 aliphatic carbocycles. The summed E-state index contributed by atoms with van der Waals surface area (Å²) in [5.74, 6) is -0.593. The van der Waals surface area contributed by atoms with Gasteiger partial charge in [-0.05, 0) is 110 Å². The molecule has 0 amide bonds. The van der Waals surface area contributed by atoms with Crippen molar-refractivity contribution in [3.8, 4) is 11.5 Å². The van der Waals surface area contributed by atoms with Gasteiger partial charge in [0.2, 0.25) is 0 Å². The third-order valence-electron chi connectivity index (χ3n) is 12.6. The summed E-state index contributed by atoms with van der Waals surface area (Å²) in [5, 5.41) is 19.7. The second-order valence-electron chi connectivity index (χ2n) is 14.9. The maximum absolute atomic E-state index is 13.4. The molecule has 0 bridgehead atoms. The summed E-state index contributed by atoms with van der Waals surface area (Å²) in [6.07, 6.45) is 9.31. The Bertz CT molecular complexity index is 1420. The molecule has 0 saturated heterocycles. The number of esters is 1. The van der Waals surface area contributed by atoms with Crippen molar-refractivity contribution >= 4 is 16.1 Å². The minimum Gasteiger partial charge on any atom is -0.747 e. The summed E-state index contributed by atoms with van der Waals surface area (Å²) in [5.41, 5.74) is 0.283. The van der Waals surface area contributed by atoms with Gasteiger partial charge in [-0.3, -0.25) is 4.79 Å². The van der Waals surface area contributed by atoms with Crippen LogP contribution in [0.4, 0.5) is 0 Å². The van der Waals surface area contributed by atoms with Crippen molar-refractivity contribution in [2.75, 3.05) is 6.61 Å². The average Bonchev–Trinajstić information content (AvgIpc) is 2.89. The Labute approximate surface area is 273 Å². The van der Waals surface area contributed by atoms with Gasteiger partial charge in [0.15, 0.2) is 11.5 Å². The maximum atomic E-state index is 13.4. The molecule has 0 aromatic heterocycles. The van der Waals surface area contributed by atoms with Gasteiger partial charge in [-0.1, -0.05) is 52.7 Å². The van der Waals surface area contributed by atoms with E-state index in [1.54, 1.807) is 13.0 Å². The molecule has 3 fully saturated rings. The van der Waals surface area contributed by atoms with Gasteiger partial charge in [-0.2, -0.15) is 0 Å². The molecule has 1 aromatic rings. The van der Waals surface area contributed by atoms with Gasteiger partial charge in [0.1, 0.15) is 10.1 Å². The maximum Gasteiger partial charge on any atom is 1.00 e. The van der Waals surface area contributed by atoms with Gasteiger partial charge in [0.05, 0.1) is 17.3 Å². The van der Waals surface area contributed by atoms with Crippen molar-refractivity contribution in [3.63, 3.8) is 0 Å². The first-order chi connectivity index (χ1) is 18.9. The molecule has 0 radical (unpaired) electrons. The Kier molecular flexibility index (Phi) is 8.68. The van der Waals surface area contributed by atoms with E-state index >= 15 is 0 Å². The van der Waals surface area contributed by atoms with E-state index in [0.29, 0.717) is 24.2 Å². The number of unbranched alkanes of at least 4 members (excludes halogenated alkanes) is 1. The first-order valence-electron chi connectivity index (χ1n) is 15.3. The number of allylic oxidation sites excluding steroid dienone is 1. The minimum absolute atomic E-state index is 0. The Morgan fingerprint density at radius 3 is 2.31 bits per heavy atom. The first-order valence-corrected chi connectivity index (χ1v) is 16.8. The molecule has 1 unspecified atom stereocenters. The van der Waals surface area contributed by atoms with Crippen LogP contribution in [0.1, 0.15) is 121 Å². The van der Waals surface area contributed by atoms with Crippen molar-refractivity contribution in [3.05, 3.63) is 34.4 Å². The van der Waals surface area contributed by atoms with Crippen LogP contribution in [0.3, 0.4) is 0 Å². The number of benzene rings is 1. The van der Waals surface area contributed by atoms with E-state index in [1.165, 1.54) is 6.07 Å². The van der Waals surface area contributed by atoms with E-state index in [0.717, 1.165) is 56.9 Å². The van der Waals surface area contributed by atoms with E-state index in [-0.39, 0.29) is 69.3 Å². The number of carbonyl (C=O) groups excluding carboxylic acids is 1. The van der Waals surface area contributed by atoms with Crippen LogP contribution < -0.4 is 29.6 Å². The van der Waals surface area contributed by atoms with Gasteiger partial charge in [-0.25, -0.2) is 8.42 Å². The summed E-state index contributed by atoms with van der Waals surface area (Å²) in [6, 6.07) is 1.48. The third kappa shape index (κ3) is 4.72. The van der Waals surface area contributed by atoms with Crippen molar-refractivity contribution in [2.45, 2.75) is 117 Å². The average molecular weight is 611 g/mol. The molecule has 0 aliphatic heterocycles. The van der Waals surface area contributed by atoms with Crippen LogP contribution in [-0.4, -0.2) is 35.8 Å². The predicted molar refractivity (Wildman–Crippen MR) is 156 cm³/mol. The van der Waals surface area contributed by atoms with E-state index in [1.807, 2.05) is 0 Å². The van der Waals surface area contributed by atoms with Crippen molar-refractivity contribution in [2.24, 2.45) is 27.6 Å². The molecule has 4 aliphatic rings. The van der Waals surface area contributed by atoms with E-state index in [2.05, 4.69) is 41.5 Å². The van der Waals surface area contributed by atoms with Crippen LogP contribution in [0.5, 0.6) is 11.5 Å². The number of hydrogen-bond donors (Lipinski definition) is 2. The Morgan fingerprint density at radius 2 is 1.69 bits per heavy atom. The monoisotopic (exact) mass is 610 g/mol. The number of phenolic OH excluding ortho intramolecular Hbond substituents is 2. The fourth-order valence-corrected chi connectivity index (χ4v) is 10.5. The predicted octanol–water partition coefficient (Wildman–Crippen LogP) is 3.95. The molecule has 3 saturated carbocycles. The van der Waals surface area contributed by atoms with Crippen molar-refractivity contribution in [1.29, 1.82) is 0 Å². The van der Waals surface area contributed by atoms with Crippen LogP contribution in [0.2, 0.25) is 0 Å². The Morgan fingerprint density at radius 1 is 1.05 bits per heavy atom. The summed E-state index contributed by atoms with van der Waals surface area (Å²) >= 11 is 0.